The minimum atomic E-state index is -0.135. The monoisotopic (exact) mass is 307 g/mol. The molecule has 2 rings (SSSR count). The average Bonchev–Trinajstić information content (AvgIpc) is 2.40. The van der Waals surface area contributed by atoms with Gasteiger partial charge in [0.15, 0.2) is 0 Å². The third kappa shape index (κ3) is 2.25. The summed E-state index contributed by atoms with van der Waals surface area (Å²) in [7, 11) is 0. The van der Waals surface area contributed by atoms with Crippen LogP contribution < -0.4 is 5.32 Å². The first-order valence-corrected chi connectivity index (χ1v) is 6.78. The van der Waals surface area contributed by atoms with Gasteiger partial charge in [-0.1, -0.05) is 37.6 Å². The van der Waals surface area contributed by atoms with Crippen molar-refractivity contribution >= 4 is 27.5 Å². The average molecular weight is 308 g/mol. The van der Waals surface area contributed by atoms with Gasteiger partial charge in [-0.3, -0.25) is 9.59 Å². The first kappa shape index (κ1) is 13.0. The van der Waals surface area contributed by atoms with E-state index in [0.29, 0.717) is 27.9 Å². The molecule has 0 unspecified atom stereocenters. The van der Waals surface area contributed by atoms with E-state index in [1.165, 1.54) is 0 Å². The molecule has 3 nitrogen and oxygen atoms in total. The van der Waals surface area contributed by atoms with Crippen LogP contribution in [0.5, 0.6) is 0 Å². The molecule has 0 aromatic heterocycles. The summed E-state index contributed by atoms with van der Waals surface area (Å²) in [5.41, 5.74) is 1.33. The Labute approximate surface area is 114 Å². The molecule has 0 radical (unpaired) electrons. The van der Waals surface area contributed by atoms with Gasteiger partial charge in [-0.25, -0.2) is 0 Å². The van der Waals surface area contributed by atoms with Crippen LogP contribution in [0.3, 0.4) is 0 Å². The topological polar surface area (TPSA) is 46.2 Å². The second-order valence-electron chi connectivity index (χ2n) is 4.17. The number of benzene rings is 1. The Bertz CT molecular complexity index is 534. The summed E-state index contributed by atoms with van der Waals surface area (Å²) in [5, 5.41) is 3.06. The quantitative estimate of drug-likeness (QED) is 0.870. The van der Waals surface area contributed by atoms with E-state index in [-0.39, 0.29) is 11.6 Å². The zero-order valence-electron chi connectivity index (χ0n) is 10.1. The lowest BCUT2D eigenvalue weighted by Crippen LogP contribution is -2.29. The normalized spacial score (nSPS) is 14.8. The predicted octanol–water partition coefficient (Wildman–Crippen LogP) is 3.06. The third-order valence-corrected chi connectivity index (χ3v) is 3.65. The fourth-order valence-electron chi connectivity index (χ4n) is 1.89. The lowest BCUT2D eigenvalue weighted by molar-refractivity contribution is 0.0976. The van der Waals surface area contributed by atoms with Crippen LogP contribution in [-0.2, 0) is 0 Å². The Morgan fingerprint density at radius 2 is 1.72 bits per heavy atom. The van der Waals surface area contributed by atoms with E-state index in [4.69, 9.17) is 0 Å². The molecule has 94 valence electrons. The fraction of sp³-hybridized carbons (Fsp3) is 0.286. The third-order valence-electron chi connectivity index (χ3n) is 2.89. The van der Waals surface area contributed by atoms with Crippen molar-refractivity contribution < 1.29 is 9.59 Å². The van der Waals surface area contributed by atoms with Gasteiger partial charge in [0, 0.05) is 17.7 Å². The molecule has 0 atom stereocenters. The van der Waals surface area contributed by atoms with Crippen molar-refractivity contribution in [2.75, 3.05) is 6.54 Å². The van der Waals surface area contributed by atoms with Crippen molar-refractivity contribution in [3.63, 3.8) is 0 Å². The maximum absolute atomic E-state index is 12.3. The van der Waals surface area contributed by atoms with Crippen LogP contribution in [0.4, 0.5) is 0 Å². The summed E-state index contributed by atoms with van der Waals surface area (Å²) in [5.74, 6) is -0.252. The van der Waals surface area contributed by atoms with E-state index < -0.39 is 0 Å². The van der Waals surface area contributed by atoms with Crippen molar-refractivity contribution in [1.82, 2.24) is 5.32 Å². The smallest absolute Gasteiger partial charge is 0.210 e. The van der Waals surface area contributed by atoms with Crippen molar-refractivity contribution in [1.29, 1.82) is 0 Å². The molecule has 0 bridgehead atoms. The first-order valence-electron chi connectivity index (χ1n) is 5.99. The molecule has 0 aliphatic heterocycles. The Hall–Kier alpha value is -1.42. The fourth-order valence-corrected chi connectivity index (χ4v) is 2.43. The molecule has 1 aliphatic carbocycles. The highest BCUT2D eigenvalue weighted by Gasteiger charge is 2.30. The van der Waals surface area contributed by atoms with Gasteiger partial charge < -0.3 is 5.32 Å². The number of ketones is 2. The van der Waals surface area contributed by atoms with Crippen LogP contribution in [0.15, 0.2) is 34.4 Å². The van der Waals surface area contributed by atoms with Crippen molar-refractivity contribution in [2.45, 2.75) is 19.8 Å². The summed E-state index contributed by atoms with van der Waals surface area (Å²) < 4.78 is 0.335. The largest absolute Gasteiger partial charge is 0.381 e. The van der Waals surface area contributed by atoms with E-state index in [1.54, 1.807) is 24.3 Å². The highest BCUT2D eigenvalue weighted by Crippen LogP contribution is 2.28. The number of nitrogens with one attached hydrogen (secondary N) is 1. The first-order chi connectivity index (χ1) is 8.66. The Balaban J connectivity index is 2.34. The Morgan fingerprint density at radius 1 is 1.11 bits per heavy atom. The lowest BCUT2D eigenvalue weighted by Gasteiger charge is -2.18. The molecule has 0 saturated carbocycles. The van der Waals surface area contributed by atoms with Crippen LogP contribution in [0.1, 0.15) is 40.5 Å². The van der Waals surface area contributed by atoms with Crippen LogP contribution in [-0.4, -0.2) is 18.1 Å². The highest BCUT2D eigenvalue weighted by atomic mass is 79.9. The maximum atomic E-state index is 12.3. The molecule has 0 fully saturated rings. The van der Waals surface area contributed by atoms with Crippen molar-refractivity contribution in [3.05, 3.63) is 45.6 Å². The zero-order chi connectivity index (χ0) is 13.1. The zero-order valence-corrected chi connectivity index (χ0v) is 11.7. The number of hydrogen-bond acceptors (Lipinski definition) is 3. The minimum Gasteiger partial charge on any atom is -0.381 e. The van der Waals surface area contributed by atoms with E-state index >= 15 is 0 Å². The van der Waals surface area contributed by atoms with E-state index in [0.717, 1.165) is 12.8 Å². The molecular weight excluding hydrogens is 294 g/mol. The number of hydrogen-bond donors (Lipinski definition) is 1. The van der Waals surface area contributed by atoms with Gasteiger partial charge in [-0.05, 0) is 22.4 Å². The summed E-state index contributed by atoms with van der Waals surface area (Å²) >= 11 is 3.23. The molecule has 4 heteroatoms. The molecule has 1 aliphatic rings. The molecule has 0 amide bonds. The molecule has 1 N–H and O–H groups in total. The van der Waals surface area contributed by atoms with Gasteiger partial charge in [-0.15, -0.1) is 0 Å². The summed E-state index contributed by atoms with van der Waals surface area (Å²) in [6.07, 6.45) is 2.00. The lowest BCUT2D eigenvalue weighted by atomic mass is 9.92. The van der Waals surface area contributed by atoms with Gasteiger partial charge >= 0.3 is 0 Å². The second kappa shape index (κ2) is 5.48. The molecule has 1 aromatic rings. The van der Waals surface area contributed by atoms with Gasteiger partial charge in [0.25, 0.3) is 0 Å². The Morgan fingerprint density at radius 3 is 2.33 bits per heavy atom. The molecule has 1 aromatic carbocycles. The summed E-state index contributed by atoms with van der Waals surface area (Å²) in [4.78, 5) is 24.4. The van der Waals surface area contributed by atoms with Gasteiger partial charge in [0.05, 0.1) is 4.48 Å². The van der Waals surface area contributed by atoms with E-state index in [2.05, 4.69) is 28.2 Å². The number of carbonyl (C=O) groups excluding carboxylic acids is 2. The molecule has 0 saturated heterocycles. The molecular formula is C14H14BrNO2. The van der Waals surface area contributed by atoms with Crippen LogP contribution in [0.25, 0.3) is 0 Å². The summed E-state index contributed by atoms with van der Waals surface area (Å²) in [6.45, 7) is 2.77. The number of carbonyl (C=O) groups is 2. The second-order valence-corrected chi connectivity index (χ2v) is 4.97. The molecule has 0 spiro atoms. The summed E-state index contributed by atoms with van der Waals surface area (Å²) in [6, 6.07) is 6.91. The number of halogens is 1. The maximum Gasteiger partial charge on any atom is 0.210 e. The number of Topliss-reactive ketones (excluding diaryl/α,β-unsaturated/α-hetero) is 2. The van der Waals surface area contributed by atoms with E-state index in [1.807, 2.05) is 0 Å². The van der Waals surface area contributed by atoms with Crippen LogP contribution in [0, 0.1) is 0 Å². The number of allylic oxidation sites excluding steroid dienone is 2. The van der Waals surface area contributed by atoms with Gasteiger partial charge in [-0.2, -0.15) is 0 Å². The van der Waals surface area contributed by atoms with Crippen molar-refractivity contribution in [3.8, 4) is 0 Å². The Kier molecular flexibility index (Phi) is 3.97. The highest BCUT2D eigenvalue weighted by molar-refractivity contribution is 9.12. The number of unbranched alkanes of at least 4 members (excludes halogenated alkanes) is 1. The van der Waals surface area contributed by atoms with Crippen LogP contribution in [0.2, 0.25) is 0 Å². The molecule has 18 heavy (non-hydrogen) atoms. The standard InChI is InChI=1S/C14H14BrNO2/c1-2-3-8-16-12-11(15)13(17)9-6-4-5-7-10(9)14(12)18/h4-7,16H,2-3,8H2,1H3. The SMILES string of the molecule is CCCCNC1=C(Br)C(=O)c2ccccc2C1=O. The van der Waals surface area contributed by atoms with Gasteiger partial charge in [0.1, 0.15) is 5.70 Å². The predicted molar refractivity (Wildman–Crippen MR) is 74.0 cm³/mol. The number of rotatable bonds is 4. The minimum absolute atomic E-state index is 0.117. The number of fused-ring (bicyclic) bond motifs is 1. The molecule has 0 heterocycles. The van der Waals surface area contributed by atoms with Crippen molar-refractivity contribution in [2.24, 2.45) is 0 Å². The van der Waals surface area contributed by atoms with Gasteiger partial charge in [0.2, 0.25) is 11.6 Å². The van der Waals surface area contributed by atoms with E-state index in [9.17, 15) is 9.59 Å². The van der Waals surface area contributed by atoms with Crippen LogP contribution >= 0.6 is 15.9 Å².